The minimum Gasteiger partial charge on any atom is -0.516 e. The molecule has 6 heteroatoms. The van der Waals surface area contributed by atoms with Crippen LogP contribution in [0.1, 0.15) is 67.7 Å². The van der Waals surface area contributed by atoms with E-state index in [0.29, 0.717) is 12.5 Å². The second-order valence-corrected chi connectivity index (χ2v) is 9.27. The lowest BCUT2D eigenvalue weighted by Gasteiger charge is -2.48. The van der Waals surface area contributed by atoms with Gasteiger partial charge in [-0.2, -0.15) is 0 Å². The molecule has 4 rings (SSSR count). The Bertz CT molecular complexity index is 851. The molecule has 1 fully saturated rings. The maximum absolute atomic E-state index is 11.9. The average Bonchev–Trinajstić information content (AvgIpc) is 3.46. The van der Waals surface area contributed by atoms with E-state index in [-0.39, 0.29) is 35.5 Å². The summed E-state index contributed by atoms with van der Waals surface area (Å²) in [5, 5.41) is 7.33. The molecule has 1 N–H and O–H groups in total. The normalized spacial score (nSPS) is 33.0. The minimum absolute atomic E-state index is 0.0912. The summed E-state index contributed by atoms with van der Waals surface area (Å²) >= 11 is 0. The number of ether oxygens (including phenoxy) is 3. The van der Waals surface area contributed by atoms with E-state index in [4.69, 9.17) is 19.3 Å². The first-order chi connectivity index (χ1) is 15.6. The van der Waals surface area contributed by atoms with E-state index in [1.807, 2.05) is 13.8 Å². The number of hydrogen-bond acceptors (Lipinski definition) is 6. The maximum atomic E-state index is 11.9. The highest BCUT2D eigenvalue weighted by Crippen LogP contribution is 2.66. The van der Waals surface area contributed by atoms with Gasteiger partial charge in [-0.1, -0.05) is 53.3 Å². The van der Waals surface area contributed by atoms with Crippen molar-refractivity contribution in [3.63, 3.8) is 0 Å². The number of aliphatic hydroxyl groups excluding tert-OH is 1. The van der Waals surface area contributed by atoms with Crippen LogP contribution in [0, 0.1) is 17.3 Å². The zero-order valence-corrected chi connectivity index (χ0v) is 21.1. The summed E-state index contributed by atoms with van der Waals surface area (Å²) in [4.78, 5) is 23.2. The Labute approximate surface area is 198 Å². The van der Waals surface area contributed by atoms with Crippen molar-refractivity contribution in [2.75, 3.05) is 6.61 Å². The summed E-state index contributed by atoms with van der Waals surface area (Å²) in [7, 11) is 0. The number of rotatable bonds is 4. The quantitative estimate of drug-likeness (QED) is 0.254. The maximum Gasteiger partial charge on any atom is 0.303 e. The second kappa shape index (κ2) is 10.7. The SMILES string of the molecule is C=CO.CC.CC(=O)OCC1=CCC[C@@]2(C)C1=C[C@@H]1O[C@]13C2=CCC(C(C)C)[C@H]3OC(C)=O. The third kappa shape index (κ3) is 4.96. The van der Waals surface area contributed by atoms with Gasteiger partial charge in [0.05, 0.1) is 6.26 Å². The van der Waals surface area contributed by atoms with Crippen molar-refractivity contribution in [1.82, 2.24) is 0 Å². The second-order valence-electron chi connectivity index (χ2n) is 9.27. The Morgan fingerprint density at radius 3 is 2.45 bits per heavy atom. The number of allylic oxidation sites excluding steroid dienone is 2. The Morgan fingerprint density at radius 2 is 1.91 bits per heavy atom. The Kier molecular flexibility index (Phi) is 8.75. The smallest absolute Gasteiger partial charge is 0.303 e. The summed E-state index contributed by atoms with van der Waals surface area (Å²) in [5.41, 5.74) is 2.82. The summed E-state index contributed by atoms with van der Waals surface area (Å²) in [5.74, 6) is 0.119. The summed E-state index contributed by atoms with van der Waals surface area (Å²) in [6.45, 7) is 16.8. The topological polar surface area (TPSA) is 85.4 Å². The van der Waals surface area contributed by atoms with Crippen molar-refractivity contribution in [3.05, 3.63) is 47.8 Å². The minimum atomic E-state index is -0.527. The highest BCUT2D eigenvalue weighted by Gasteiger charge is 2.72. The number of epoxide rings is 1. The predicted octanol–water partition coefficient (Wildman–Crippen LogP) is 5.60. The molecule has 0 aromatic rings. The lowest BCUT2D eigenvalue weighted by atomic mass is 9.55. The van der Waals surface area contributed by atoms with E-state index in [2.05, 4.69) is 45.6 Å². The Balaban J connectivity index is 0.000000714. The molecule has 1 unspecified atom stereocenters. The van der Waals surface area contributed by atoms with E-state index in [1.165, 1.54) is 25.0 Å². The van der Waals surface area contributed by atoms with Crippen molar-refractivity contribution in [2.45, 2.75) is 85.5 Å². The fourth-order valence-electron chi connectivity index (χ4n) is 5.59. The predicted molar refractivity (Wildman–Crippen MR) is 128 cm³/mol. The van der Waals surface area contributed by atoms with E-state index in [0.717, 1.165) is 31.1 Å². The molecule has 5 atom stereocenters. The molecule has 0 aromatic heterocycles. The van der Waals surface area contributed by atoms with Crippen LogP contribution in [0.25, 0.3) is 0 Å². The van der Waals surface area contributed by atoms with E-state index >= 15 is 0 Å². The molecule has 4 aliphatic rings. The van der Waals surface area contributed by atoms with Crippen LogP contribution in [0.15, 0.2) is 47.8 Å². The van der Waals surface area contributed by atoms with Crippen molar-refractivity contribution >= 4 is 11.9 Å². The first kappa shape index (κ1) is 26.9. The van der Waals surface area contributed by atoms with Crippen LogP contribution >= 0.6 is 0 Å². The van der Waals surface area contributed by atoms with Crippen molar-refractivity contribution in [2.24, 2.45) is 17.3 Å². The zero-order valence-electron chi connectivity index (χ0n) is 21.1. The molecule has 0 bridgehead atoms. The molecule has 184 valence electrons. The van der Waals surface area contributed by atoms with Crippen LogP contribution in [-0.4, -0.2) is 41.5 Å². The van der Waals surface area contributed by atoms with Crippen LogP contribution in [0.4, 0.5) is 0 Å². The van der Waals surface area contributed by atoms with Crippen LogP contribution in [-0.2, 0) is 23.8 Å². The van der Waals surface area contributed by atoms with Gasteiger partial charge in [-0.05, 0) is 48.0 Å². The van der Waals surface area contributed by atoms with Gasteiger partial charge in [0.15, 0.2) is 5.60 Å². The molecule has 1 saturated heterocycles. The largest absolute Gasteiger partial charge is 0.516 e. The summed E-state index contributed by atoms with van der Waals surface area (Å²) < 4.78 is 17.5. The first-order valence-corrected chi connectivity index (χ1v) is 12.0. The molecule has 0 saturated carbocycles. The van der Waals surface area contributed by atoms with Crippen molar-refractivity contribution in [3.8, 4) is 0 Å². The van der Waals surface area contributed by atoms with Crippen LogP contribution < -0.4 is 0 Å². The molecular formula is C27H40O6. The molecule has 1 spiro atoms. The summed E-state index contributed by atoms with van der Waals surface area (Å²) in [6, 6.07) is 0. The van der Waals surface area contributed by atoms with Gasteiger partial charge < -0.3 is 19.3 Å². The number of aliphatic hydroxyl groups is 1. The fourth-order valence-corrected chi connectivity index (χ4v) is 5.59. The lowest BCUT2D eigenvalue weighted by molar-refractivity contribution is -0.155. The van der Waals surface area contributed by atoms with Crippen LogP contribution in [0.3, 0.4) is 0 Å². The number of carbonyl (C=O) groups excluding carboxylic acids is 2. The first-order valence-electron chi connectivity index (χ1n) is 12.0. The number of hydrogen-bond donors (Lipinski definition) is 1. The molecule has 0 aromatic carbocycles. The van der Waals surface area contributed by atoms with Crippen LogP contribution in [0.5, 0.6) is 0 Å². The molecular weight excluding hydrogens is 420 g/mol. The van der Waals surface area contributed by atoms with Crippen molar-refractivity contribution in [1.29, 1.82) is 0 Å². The molecule has 0 radical (unpaired) electrons. The standard InChI is InChI=1S/C23H30O5.C2H4O.C2H6/c1-13(2)17-8-9-19-22(5)10-6-7-16(12-26-14(3)24)18(22)11-20-23(19,28-20)21(17)27-15(4)25;1-2-3;1-2/h7,9,11,13,17,20-21H,6,8,10,12H2,1-5H3;2-3H,1H2;1-2H3/t17?,20-,21+,22-,23+;;/m0../s1. The van der Waals surface area contributed by atoms with E-state index in [9.17, 15) is 9.59 Å². The zero-order chi connectivity index (χ0) is 25.0. The lowest BCUT2D eigenvalue weighted by Crippen LogP contribution is -2.52. The van der Waals surface area contributed by atoms with Gasteiger partial charge in [0.25, 0.3) is 0 Å². The van der Waals surface area contributed by atoms with Gasteiger partial charge in [0.1, 0.15) is 18.8 Å². The Hall–Kier alpha value is -2.34. The third-order valence-electron chi connectivity index (χ3n) is 6.98. The fraction of sp³-hybridized carbons (Fsp3) is 0.630. The molecule has 33 heavy (non-hydrogen) atoms. The molecule has 1 heterocycles. The van der Waals surface area contributed by atoms with Gasteiger partial charge in [-0.15, -0.1) is 0 Å². The van der Waals surface area contributed by atoms with Gasteiger partial charge in [-0.25, -0.2) is 0 Å². The highest BCUT2D eigenvalue weighted by molar-refractivity contribution is 5.68. The van der Waals surface area contributed by atoms with E-state index in [1.54, 1.807) is 0 Å². The number of carbonyl (C=O) groups is 2. The third-order valence-corrected chi connectivity index (χ3v) is 6.98. The van der Waals surface area contributed by atoms with Gasteiger partial charge in [0, 0.05) is 25.2 Å². The van der Waals surface area contributed by atoms with Gasteiger partial charge >= 0.3 is 11.9 Å². The van der Waals surface area contributed by atoms with Gasteiger partial charge in [0.2, 0.25) is 0 Å². The van der Waals surface area contributed by atoms with E-state index < -0.39 is 5.60 Å². The Morgan fingerprint density at radius 1 is 1.27 bits per heavy atom. The number of fused-ring (bicyclic) bond motifs is 2. The summed E-state index contributed by atoms with van der Waals surface area (Å²) in [6.07, 6.45) is 9.89. The van der Waals surface area contributed by atoms with Gasteiger partial charge in [-0.3, -0.25) is 9.59 Å². The number of esters is 2. The molecule has 3 aliphatic carbocycles. The molecule has 0 amide bonds. The van der Waals surface area contributed by atoms with Crippen molar-refractivity contribution < 1.29 is 28.9 Å². The molecule has 6 nitrogen and oxygen atoms in total. The highest BCUT2D eigenvalue weighted by atomic mass is 16.6. The molecule has 1 aliphatic heterocycles. The monoisotopic (exact) mass is 460 g/mol. The average molecular weight is 461 g/mol. The van der Waals surface area contributed by atoms with Crippen LogP contribution in [0.2, 0.25) is 0 Å².